The summed E-state index contributed by atoms with van der Waals surface area (Å²) in [5, 5.41) is 11.5. The average molecular weight is 404 g/mol. The lowest BCUT2D eigenvalue weighted by Gasteiger charge is -2.49. The number of carbonyl (C=O) groups excluding carboxylic acids is 1. The van der Waals surface area contributed by atoms with Crippen LogP contribution in [0.5, 0.6) is 0 Å². The van der Waals surface area contributed by atoms with Gasteiger partial charge in [0.25, 0.3) is 0 Å². The number of carboxylic acid groups (broad SMARTS) is 1. The second-order valence-corrected chi connectivity index (χ2v) is 9.82. The fourth-order valence-electron chi connectivity index (χ4n) is 6.92. The van der Waals surface area contributed by atoms with Crippen LogP contribution in [0.4, 0.5) is 4.79 Å². The molecule has 6 atom stereocenters. The third-order valence-corrected chi connectivity index (χ3v) is 8.21. The second-order valence-electron chi connectivity index (χ2n) is 9.82. The van der Waals surface area contributed by atoms with Crippen molar-refractivity contribution in [3.63, 3.8) is 0 Å². The third-order valence-electron chi connectivity index (χ3n) is 8.21. The molecule has 0 radical (unpaired) electrons. The Labute approximate surface area is 174 Å². The van der Waals surface area contributed by atoms with Gasteiger partial charge in [-0.1, -0.05) is 30.9 Å². The fourth-order valence-corrected chi connectivity index (χ4v) is 6.92. The first kappa shape index (κ1) is 20.7. The number of ether oxygens (including phenoxy) is 1. The molecule has 5 heteroatoms. The molecule has 0 spiro atoms. The summed E-state index contributed by atoms with van der Waals surface area (Å²) < 4.78 is 5.71. The molecular formula is C24H37NO4. The van der Waals surface area contributed by atoms with Crippen LogP contribution >= 0.6 is 0 Å². The number of carboxylic acids is 1. The summed E-state index contributed by atoms with van der Waals surface area (Å²) in [6.45, 7) is 0.558. The Morgan fingerprint density at radius 2 is 1.90 bits per heavy atom. The number of hydrogen-bond acceptors (Lipinski definition) is 3. The van der Waals surface area contributed by atoms with Gasteiger partial charge in [-0.25, -0.2) is 4.79 Å². The number of aliphatic carboxylic acids is 1. The van der Waals surface area contributed by atoms with Crippen LogP contribution in [0.1, 0.15) is 83.5 Å². The smallest absolute Gasteiger partial charge is 0.407 e. The van der Waals surface area contributed by atoms with Gasteiger partial charge in [0.1, 0.15) is 6.10 Å². The lowest BCUT2D eigenvalue weighted by Crippen LogP contribution is -2.42. The van der Waals surface area contributed by atoms with Gasteiger partial charge in [-0.05, 0) is 81.0 Å². The number of nitrogens with one attached hydrogen (secondary N) is 1. The Kier molecular flexibility index (Phi) is 6.81. The zero-order valence-corrected chi connectivity index (χ0v) is 17.6. The standard InChI is InChI=1S/C24H37NO4/c26-23(27)7-2-1-3-14-25-24(28)29-18-10-13-20-17(15-18)9-12-21-19-6-4-5-16(19)8-11-22(20)21/h9,16,18-22H,1-8,10-15H2,(H,25,28)(H,26,27)/t16?,18-,19?,20?,21?,22?/m0/s1. The number of fused-ring (bicyclic) bond motifs is 5. The van der Waals surface area contributed by atoms with Crippen molar-refractivity contribution in [2.45, 2.75) is 89.6 Å². The van der Waals surface area contributed by atoms with Crippen LogP contribution in [0, 0.1) is 29.6 Å². The topological polar surface area (TPSA) is 75.6 Å². The molecule has 4 aliphatic carbocycles. The molecule has 0 aromatic heterocycles. The summed E-state index contributed by atoms with van der Waals surface area (Å²) in [6.07, 6.45) is 16.3. The van der Waals surface area contributed by atoms with Crippen molar-refractivity contribution in [3.8, 4) is 0 Å². The molecular weight excluding hydrogens is 366 g/mol. The predicted molar refractivity (Wildman–Crippen MR) is 111 cm³/mol. The summed E-state index contributed by atoms with van der Waals surface area (Å²) in [6, 6.07) is 0. The van der Waals surface area contributed by atoms with E-state index in [4.69, 9.17) is 9.84 Å². The molecule has 162 valence electrons. The van der Waals surface area contributed by atoms with Crippen molar-refractivity contribution in [2.75, 3.05) is 6.54 Å². The van der Waals surface area contributed by atoms with E-state index in [1.807, 2.05) is 0 Å². The molecule has 4 rings (SSSR count). The molecule has 4 aliphatic rings. The second kappa shape index (κ2) is 9.53. The minimum absolute atomic E-state index is 0.0175. The Balaban J connectivity index is 1.20. The minimum atomic E-state index is -0.757. The normalized spacial score (nSPS) is 35.7. The van der Waals surface area contributed by atoms with Crippen molar-refractivity contribution in [2.24, 2.45) is 29.6 Å². The summed E-state index contributed by atoms with van der Waals surface area (Å²) >= 11 is 0. The van der Waals surface area contributed by atoms with Gasteiger partial charge in [-0.2, -0.15) is 0 Å². The average Bonchev–Trinajstić information content (AvgIpc) is 3.19. The number of alkyl carbamates (subject to hydrolysis) is 1. The highest BCUT2D eigenvalue weighted by molar-refractivity contribution is 5.67. The van der Waals surface area contributed by atoms with Crippen LogP contribution in [0.25, 0.3) is 0 Å². The van der Waals surface area contributed by atoms with Crippen molar-refractivity contribution < 1.29 is 19.4 Å². The number of carbonyl (C=O) groups is 2. The quantitative estimate of drug-likeness (QED) is 0.447. The highest BCUT2D eigenvalue weighted by Crippen LogP contribution is 2.56. The largest absolute Gasteiger partial charge is 0.481 e. The molecule has 0 aromatic carbocycles. The molecule has 0 saturated heterocycles. The molecule has 0 bridgehead atoms. The zero-order chi connectivity index (χ0) is 20.2. The number of unbranched alkanes of at least 4 members (excludes halogenated alkanes) is 2. The van der Waals surface area contributed by atoms with E-state index in [1.54, 1.807) is 5.57 Å². The van der Waals surface area contributed by atoms with E-state index in [2.05, 4.69) is 11.4 Å². The maximum atomic E-state index is 12.1. The van der Waals surface area contributed by atoms with Crippen molar-refractivity contribution in [1.82, 2.24) is 5.32 Å². The Hall–Kier alpha value is -1.52. The Morgan fingerprint density at radius 1 is 1.00 bits per heavy atom. The van der Waals surface area contributed by atoms with E-state index in [-0.39, 0.29) is 18.6 Å². The van der Waals surface area contributed by atoms with Crippen LogP contribution in [0.2, 0.25) is 0 Å². The van der Waals surface area contributed by atoms with E-state index in [0.29, 0.717) is 13.0 Å². The van der Waals surface area contributed by atoms with Crippen LogP contribution in [0.3, 0.4) is 0 Å². The molecule has 3 fully saturated rings. The lowest BCUT2D eigenvalue weighted by atomic mass is 9.57. The van der Waals surface area contributed by atoms with Gasteiger partial charge in [0.05, 0.1) is 0 Å². The Bertz CT molecular complexity index is 630. The first-order chi connectivity index (χ1) is 14.1. The predicted octanol–water partition coefficient (Wildman–Crippen LogP) is 5.30. The fraction of sp³-hybridized carbons (Fsp3) is 0.833. The van der Waals surface area contributed by atoms with Crippen molar-refractivity contribution >= 4 is 12.1 Å². The van der Waals surface area contributed by atoms with Crippen LogP contribution in [0.15, 0.2) is 11.6 Å². The summed E-state index contributed by atoms with van der Waals surface area (Å²) in [5.74, 6) is 3.79. The zero-order valence-electron chi connectivity index (χ0n) is 17.6. The maximum absolute atomic E-state index is 12.1. The molecule has 0 aromatic rings. The molecule has 2 N–H and O–H groups in total. The van der Waals surface area contributed by atoms with Gasteiger partial charge >= 0.3 is 12.1 Å². The van der Waals surface area contributed by atoms with E-state index >= 15 is 0 Å². The first-order valence-electron chi connectivity index (χ1n) is 12.0. The number of hydrogen-bond donors (Lipinski definition) is 2. The molecule has 0 heterocycles. The number of allylic oxidation sites excluding steroid dienone is 1. The number of amides is 1. The van der Waals surface area contributed by atoms with Gasteiger partial charge < -0.3 is 15.2 Å². The highest BCUT2D eigenvalue weighted by atomic mass is 16.6. The number of rotatable bonds is 7. The van der Waals surface area contributed by atoms with E-state index in [0.717, 1.165) is 55.3 Å². The molecule has 29 heavy (non-hydrogen) atoms. The third kappa shape index (κ3) is 4.97. The van der Waals surface area contributed by atoms with E-state index < -0.39 is 5.97 Å². The van der Waals surface area contributed by atoms with Crippen LogP contribution < -0.4 is 5.32 Å². The maximum Gasteiger partial charge on any atom is 0.407 e. The SMILES string of the molecule is O=C(O)CCCCCNC(=O)O[C@H]1CCC2C(=CCC3C4CCCC4CCC23)C1. The van der Waals surface area contributed by atoms with Crippen molar-refractivity contribution in [3.05, 3.63) is 11.6 Å². The van der Waals surface area contributed by atoms with Gasteiger partial charge in [0.15, 0.2) is 0 Å². The first-order valence-corrected chi connectivity index (χ1v) is 12.0. The molecule has 0 aliphatic heterocycles. The molecule has 5 nitrogen and oxygen atoms in total. The van der Waals surface area contributed by atoms with E-state index in [1.165, 1.54) is 44.9 Å². The van der Waals surface area contributed by atoms with Gasteiger partial charge in [-0.15, -0.1) is 0 Å². The summed E-state index contributed by atoms with van der Waals surface area (Å²) in [5.41, 5.74) is 1.57. The molecule has 1 amide bonds. The highest BCUT2D eigenvalue weighted by Gasteiger charge is 2.47. The van der Waals surface area contributed by atoms with E-state index in [9.17, 15) is 9.59 Å². The van der Waals surface area contributed by atoms with Crippen LogP contribution in [-0.2, 0) is 9.53 Å². The summed E-state index contributed by atoms with van der Waals surface area (Å²) in [4.78, 5) is 22.6. The van der Waals surface area contributed by atoms with Gasteiger partial charge in [-0.3, -0.25) is 4.79 Å². The minimum Gasteiger partial charge on any atom is -0.481 e. The monoisotopic (exact) mass is 403 g/mol. The molecule has 5 unspecified atom stereocenters. The van der Waals surface area contributed by atoms with Gasteiger partial charge in [0, 0.05) is 19.4 Å². The van der Waals surface area contributed by atoms with Crippen LogP contribution in [-0.4, -0.2) is 29.8 Å². The summed E-state index contributed by atoms with van der Waals surface area (Å²) in [7, 11) is 0. The molecule has 3 saturated carbocycles. The van der Waals surface area contributed by atoms with Crippen molar-refractivity contribution in [1.29, 1.82) is 0 Å². The lowest BCUT2D eigenvalue weighted by molar-refractivity contribution is -0.137. The van der Waals surface area contributed by atoms with Gasteiger partial charge in [0.2, 0.25) is 0 Å². The Morgan fingerprint density at radius 3 is 2.76 bits per heavy atom.